The van der Waals surface area contributed by atoms with E-state index in [9.17, 15) is 4.79 Å². The first-order valence-corrected chi connectivity index (χ1v) is 5.83. The molecule has 94 valence electrons. The van der Waals surface area contributed by atoms with Crippen molar-refractivity contribution >= 4 is 5.78 Å². The normalized spacial score (nSPS) is 10.3. The van der Waals surface area contributed by atoms with Crippen molar-refractivity contribution in [1.29, 1.82) is 0 Å². The second-order valence-corrected chi connectivity index (χ2v) is 3.90. The molecule has 0 radical (unpaired) electrons. The third-order valence-corrected chi connectivity index (χ3v) is 2.64. The molecule has 0 spiro atoms. The second-order valence-electron chi connectivity index (χ2n) is 3.90. The highest BCUT2D eigenvalue weighted by atomic mass is 16.5. The number of aryl methyl sites for hydroxylation is 1. The van der Waals surface area contributed by atoms with Crippen molar-refractivity contribution in [1.82, 2.24) is 15.0 Å². The Kier molecular flexibility index (Phi) is 3.72. The van der Waals surface area contributed by atoms with Gasteiger partial charge in [0.15, 0.2) is 0 Å². The van der Waals surface area contributed by atoms with Crippen LogP contribution in [0, 0.1) is 0 Å². The van der Waals surface area contributed by atoms with Crippen molar-refractivity contribution < 1.29 is 9.53 Å². The Morgan fingerprint density at radius 3 is 2.67 bits per heavy atom. The molecule has 5 nitrogen and oxygen atoms in total. The van der Waals surface area contributed by atoms with Crippen LogP contribution in [0.4, 0.5) is 0 Å². The number of aromatic nitrogens is 3. The Morgan fingerprint density at radius 2 is 2.06 bits per heavy atom. The van der Waals surface area contributed by atoms with Crippen LogP contribution in [0.1, 0.15) is 29.4 Å². The standard InChI is InChI=1S/C13H15N3O2/c1-3-8-16-12(9-14-15-16)13(17)10-4-6-11(18-2)7-5-10/h4-7,9H,3,8H2,1-2H3. The Morgan fingerprint density at radius 1 is 1.33 bits per heavy atom. The summed E-state index contributed by atoms with van der Waals surface area (Å²) in [6.07, 6.45) is 2.41. The molecule has 0 N–H and O–H groups in total. The molecule has 0 atom stereocenters. The average molecular weight is 245 g/mol. The molecule has 0 aliphatic rings. The van der Waals surface area contributed by atoms with Gasteiger partial charge in [-0.1, -0.05) is 12.1 Å². The van der Waals surface area contributed by atoms with Crippen molar-refractivity contribution in [2.45, 2.75) is 19.9 Å². The van der Waals surface area contributed by atoms with Crippen molar-refractivity contribution in [3.63, 3.8) is 0 Å². The van der Waals surface area contributed by atoms with Crippen molar-refractivity contribution in [3.05, 3.63) is 41.7 Å². The van der Waals surface area contributed by atoms with E-state index >= 15 is 0 Å². The molecule has 5 heteroatoms. The zero-order valence-corrected chi connectivity index (χ0v) is 10.5. The van der Waals surface area contributed by atoms with Gasteiger partial charge in [0.05, 0.1) is 13.3 Å². The molecule has 18 heavy (non-hydrogen) atoms. The van der Waals surface area contributed by atoms with Crippen molar-refractivity contribution in [3.8, 4) is 5.75 Å². The first-order valence-electron chi connectivity index (χ1n) is 5.83. The van der Waals surface area contributed by atoms with E-state index in [1.165, 1.54) is 6.20 Å². The van der Waals surface area contributed by atoms with Gasteiger partial charge in [0.2, 0.25) is 5.78 Å². The van der Waals surface area contributed by atoms with Gasteiger partial charge in [-0.3, -0.25) is 4.79 Å². The highest BCUT2D eigenvalue weighted by Crippen LogP contribution is 2.14. The number of ether oxygens (including phenoxy) is 1. The summed E-state index contributed by atoms with van der Waals surface area (Å²) in [6.45, 7) is 2.72. The number of carbonyl (C=O) groups excluding carboxylic acids is 1. The summed E-state index contributed by atoms with van der Waals surface area (Å²) in [5.74, 6) is 0.655. The summed E-state index contributed by atoms with van der Waals surface area (Å²) < 4.78 is 6.69. The van der Waals surface area contributed by atoms with Crippen LogP contribution in [0.2, 0.25) is 0 Å². The predicted molar refractivity (Wildman–Crippen MR) is 66.7 cm³/mol. The van der Waals surface area contributed by atoms with E-state index < -0.39 is 0 Å². The van der Waals surface area contributed by atoms with E-state index in [2.05, 4.69) is 10.3 Å². The third-order valence-electron chi connectivity index (χ3n) is 2.64. The minimum absolute atomic E-state index is 0.0731. The molecule has 0 fully saturated rings. The maximum atomic E-state index is 12.3. The monoisotopic (exact) mass is 245 g/mol. The maximum absolute atomic E-state index is 12.3. The molecule has 0 aliphatic heterocycles. The van der Waals surface area contributed by atoms with Crippen LogP contribution in [-0.4, -0.2) is 27.9 Å². The molecular formula is C13H15N3O2. The summed E-state index contributed by atoms with van der Waals surface area (Å²) >= 11 is 0. The molecule has 0 unspecified atom stereocenters. The Balaban J connectivity index is 2.26. The van der Waals surface area contributed by atoms with Gasteiger partial charge in [-0.2, -0.15) is 0 Å². The number of hydrogen-bond donors (Lipinski definition) is 0. The summed E-state index contributed by atoms with van der Waals surface area (Å²) in [5, 5.41) is 7.70. The lowest BCUT2D eigenvalue weighted by atomic mass is 10.1. The van der Waals surface area contributed by atoms with E-state index in [0.29, 0.717) is 17.8 Å². The fourth-order valence-corrected chi connectivity index (χ4v) is 1.70. The lowest BCUT2D eigenvalue weighted by molar-refractivity contribution is 0.102. The lowest BCUT2D eigenvalue weighted by Gasteiger charge is -2.04. The van der Waals surface area contributed by atoms with E-state index in [1.54, 1.807) is 36.1 Å². The third kappa shape index (κ3) is 2.40. The van der Waals surface area contributed by atoms with Crippen LogP contribution in [-0.2, 0) is 6.54 Å². The summed E-state index contributed by atoms with van der Waals surface area (Å²) in [4.78, 5) is 12.3. The van der Waals surface area contributed by atoms with Crippen LogP contribution in [0.15, 0.2) is 30.5 Å². The number of nitrogens with zero attached hydrogens (tertiary/aromatic N) is 3. The molecule has 0 saturated heterocycles. The molecule has 2 rings (SSSR count). The number of ketones is 1. The van der Waals surface area contributed by atoms with Gasteiger partial charge in [0.1, 0.15) is 11.4 Å². The second kappa shape index (κ2) is 5.44. The summed E-state index contributed by atoms with van der Waals surface area (Å²) in [7, 11) is 1.59. The summed E-state index contributed by atoms with van der Waals surface area (Å²) in [5.41, 5.74) is 1.12. The molecule has 0 saturated carbocycles. The predicted octanol–water partition coefficient (Wildman–Crippen LogP) is 1.93. The fraction of sp³-hybridized carbons (Fsp3) is 0.308. The molecule has 1 heterocycles. The van der Waals surface area contributed by atoms with Crippen LogP contribution in [0.3, 0.4) is 0 Å². The summed E-state index contributed by atoms with van der Waals surface area (Å²) in [6, 6.07) is 7.01. The van der Waals surface area contributed by atoms with Gasteiger partial charge in [0, 0.05) is 12.1 Å². The van der Waals surface area contributed by atoms with Crippen LogP contribution >= 0.6 is 0 Å². The van der Waals surface area contributed by atoms with Crippen LogP contribution in [0.5, 0.6) is 5.75 Å². The Bertz CT molecular complexity index is 531. The first kappa shape index (κ1) is 12.3. The number of rotatable bonds is 5. The quantitative estimate of drug-likeness (QED) is 0.755. The smallest absolute Gasteiger partial charge is 0.212 e. The van der Waals surface area contributed by atoms with Gasteiger partial charge in [-0.15, -0.1) is 5.10 Å². The van der Waals surface area contributed by atoms with Gasteiger partial charge in [0.25, 0.3) is 0 Å². The van der Waals surface area contributed by atoms with E-state index in [4.69, 9.17) is 4.74 Å². The maximum Gasteiger partial charge on any atom is 0.212 e. The van der Waals surface area contributed by atoms with E-state index in [0.717, 1.165) is 12.2 Å². The molecule has 1 aromatic carbocycles. The number of methoxy groups -OCH3 is 1. The number of hydrogen-bond acceptors (Lipinski definition) is 4. The molecule has 0 bridgehead atoms. The zero-order valence-electron chi connectivity index (χ0n) is 10.5. The highest BCUT2D eigenvalue weighted by Gasteiger charge is 2.14. The Hall–Kier alpha value is -2.17. The topological polar surface area (TPSA) is 57.0 Å². The number of carbonyl (C=O) groups is 1. The molecular weight excluding hydrogens is 230 g/mol. The fourth-order valence-electron chi connectivity index (χ4n) is 1.70. The van der Waals surface area contributed by atoms with Gasteiger partial charge >= 0.3 is 0 Å². The molecule has 0 aliphatic carbocycles. The Labute approximate surface area is 105 Å². The van der Waals surface area contributed by atoms with E-state index in [1.807, 2.05) is 6.92 Å². The molecule has 0 amide bonds. The SMILES string of the molecule is CCCn1nncc1C(=O)c1ccc(OC)cc1. The van der Waals surface area contributed by atoms with Crippen molar-refractivity contribution in [2.24, 2.45) is 0 Å². The van der Waals surface area contributed by atoms with Gasteiger partial charge in [-0.05, 0) is 30.7 Å². The van der Waals surface area contributed by atoms with Gasteiger partial charge < -0.3 is 4.74 Å². The minimum Gasteiger partial charge on any atom is -0.497 e. The zero-order chi connectivity index (χ0) is 13.0. The first-order chi connectivity index (χ1) is 8.76. The van der Waals surface area contributed by atoms with Crippen LogP contribution < -0.4 is 4.74 Å². The molecule has 1 aromatic heterocycles. The average Bonchev–Trinajstić information content (AvgIpc) is 2.87. The molecule has 2 aromatic rings. The van der Waals surface area contributed by atoms with Crippen molar-refractivity contribution in [2.75, 3.05) is 7.11 Å². The number of benzene rings is 1. The highest BCUT2D eigenvalue weighted by molar-refractivity contribution is 6.07. The van der Waals surface area contributed by atoms with Gasteiger partial charge in [-0.25, -0.2) is 4.68 Å². The lowest BCUT2D eigenvalue weighted by Crippen LogP contribution is -2.11. The van der Waals surface area contributed by atoms with Crippen LogP contribution in [0.25, 0.3) is 0 Å². The largest absolute Gasteiger partial charge is 0.497 e. The minimum atomic E-state index is -0.0731. The van der Waals surface area contributed by atoms with E-state index in [-0.39, 0.29) is 5.78 Å².